The van der Waals surface area contributed by atoms with E-state index in [2.05, 4.69) is 18.8 Å². The number of aromatic nitrogens is 1. The molecule has 0 aliphatic carbocycles. The van der Waals surface area contributed by atoms with E-state index in [0.29, 0.717) is 18.0 Å². The molecule has 1 atom stereocenters. The van der Waals surface area contributed by atoms with E-state index in [1.165, 1.54) is 0 Å². The fourth-order valence-corrected chi connectivity index (χ4v) is 2.25. The number of piperidine rings is 1. The zero-order valence-corrected chi connectivity index (χ0v) is 11.1. The van der Waals surface area contributed by atoms with E-state index < -0.39 is 0 Å². The van der Waals surface area contributed by atoms with Crippen LogP contribution in [0, 0.1) is 0 Å². The van der Waals surface area contributed by atoms with Crippen LogP contribution in [-0.4, -0.2) is 34.9 Å². The van der Waals surface area contributed by atoms with Gasteiger partial charge >= 0.3 is 0 Å². The molecule has 4 heteroatoms. The Morgan fingerprint density at radius 2 is 2.28 bits per heavy atom. The quantitative estimate of drug-likeness (QED) is 0.866. The van der Waals surface area contributed by atoms with Gasteiger partial charge in [0, 0.05) is 31.0 Å². The number of amides is 1. The van der Waals surface area contributed by atoms with Crippen molar-refractivity contribution in [3.05, 3.63) is 29.6 Å². The number of likely N-dealkylation sites (tertiary alicyclic amines) is 1. The van der Waals surface area contributed by atoms with Crippen LogP contribution < -0.4 is 5.73 Å². The van der Waals surface area contributed by atoms with Crippen molar-refractivity contribution in [1.29, 1.82) is 0 Å². The van der Waals surface area contributed by atoms with Crippen LogP contribution in [0.5, 0.6) is 0 Å². The molecule has 1 saturated heterocycles. The molecular weight excluding hydrogens is 226 g/mol. The summed E-state index contributed by atoms with van der Waals surface area (Å²) in [6, 6.07) is 3.91. The predicted molar refractivity (Wildman–Crippen MR) is 71.4 cm³/mol. The molecule has 1 aliphatic heterocycles. The van der Waals surface area contributed by atoms with Gasteiger partial charge in [0.15, 0.2) is 0 Å². The van der Waals surface area contributed by atoms with Crippen molar-refractivity contribution in [3.63, 3.8) is 0 Å². The van der Waals surface area contributed by atoms with Gasteiger partial charge in [0.05, 0.1) is 5.56 Å². The maximum absolute atomic E-state index is 12.3. The minimum Gasteiger partial charge on any atom is -0.337 e. The summed E-state index contributed by atoms with van der Waals surface area (Å²) < 4.78 is 0. The van der Waals surface area contributed by atoms with E-state index >= 15 is 0 Å². The topological polar surface area (TPSA) is 59.2 Å². The Morgan fingerprint density at radius 3 is 2.83 bits per heavy atom. The molecule has 4 nitrogen and oxygen atoms in total. The highest BCUT2D eigenvalue weighted by Crippen LogP contribution is 2.15. The molecule has 0 aromatic carbocycles. The molecule has 1 aromatic heterocycles. The van der Waals surface area contributed by atoms with Crippen LogP contribution in [0.15, 0.2) is 18.3 Å². The Labute approximate surface area is 108 Å². The summed E-state index contributed by atoms with van der Waals surface area (Å²) in [7, 11) is 0. The molecule has 0 bridgehead atoms. The lowest BCUT2D eigenvalue weighted by Crippen LogP contribution is -2.45. The van der Waals surface area contributed by atoms with Crippen molar-refractivity contribution in [2.24, 2.45) is 5.73 Å². The summed E-state index contributed by atoms with van der Waals surface area (Å²) in [4.78, 5) is 18.4. The summed E-state index contributed by atoms with van der Waals surface area (Å²) in [5.41, 5.74) is 7.57. The van der Waals surface area contributed by atoms with Gasteiger partial charge in [-0.05, 0) is 30.9 Å². The van der Waals surface area contributed by atoms with Gasteiger partial charge in [-0.15, -0.1) is 0 Å². The molecule has 0 spiro atoms. The minimum absolute atomic E-state index is 0.0490. The fraction of sp³-hybridized carbons (Fsp3) is 0.571. The first-order valence-electron chi connectivity index (χ1n) is 6.58. The van der Waals surface area contributed by atoms with Crippen molar-refractivity contribution in [2.75, 3.05) is 13.1 Å². The normalized spacial score (nSPS) is 20.2. The second-order valence-electron chi connectivity index (χ2n) is 5.28. The summed E-state index contributed by atoms with van der Waals surface area (Å²) in [5, 5.41) is 0. The van der Waals surface area contributed by atoms with Crippen molar-refractivity contribution in [3.8, 4) is 0 Å². The van der Waals surface area contributed by atoms with Gasteiger partial charge < -0.3 is 10.6 Å². The van der Waals surface area contributed by atoms with Gasteiger partial charge in [0.25, 0.3) is 5.91 Å². The lowest BCUT2D eigenvalue weighted by Gasteiger charge is -2.30. The highest BCUT2D eigenvalue weighted by Gasteiger charge is 2.22. The van der Waals surface area contributed by atoms with E-state index in [4.69, 9.17) is 5.73 Å². The van der Waals surface area contributed by atoms with Crippen molar-refractivity contribution < 1.29 is 4.79 Å². The molecule has 2 N–H and O–H groups in total. The third kappa shape index (κ3) is 2.88. The first-order valence-corrected chi connectivity index (χ1v) is 6.58. The summed E-state index contributed by atoms with van der Waals surface area (Å²) >= 11 is 0. The first kappa shape index (κ1) is 13.0. The number of rotatable bonds is 2. The summed E-state index contributed by atoms with van der Waals surface area (Å²) in [5.74, 6) is 0.436. The maximum Gasteiger partial charge on any atom is 0.255 e. The van der Waals surface area contributed by atoms with Gasteiger partial charge in [0.1, 0.15) is 0 Å². The van der Waals surface area contributed by atoms with E-state index in [0.717, 1.165) is 25.1 Å². The summed E-state index contributed by atoms with van der Waals surface area (Å²) in [6.07, 6.45) is 3.68. The van der Waals surface area contributed by atoms with Gasteiger partial charge in [-0.2, -0.15) is 0 Å². The smallest absolute Gasteiger partial charge is 0.255 e. The Morgan fingerprint density at radius 1 is 1.50 bits per heavy atom. The molecule has 2 heterocycles. The minimum atomic E-state index is 0.0490. The van der Waals surface area contributed by atoms with Crippen LogP contribution in [-0.2, 0) is 0 Å². The summed E-state index contributed by atoms with van der Waals surface area (Å²) in [6.45, 7) is 5.64. The van der Waals surface area contributed by atoms with Gasteiger partial charge in [-0.25, -0.2) is 0 Å². The Kier molecular flexibility index (Phi) is 3.97. The average molecular weight is 247 g/mol. The number of carbonyl (C=O) groups excluding carboxylic acids is 1. The molecule has 1 aliphatic rings. The van der Waals surface area contributed by atoms with Crippen LogP contribution in [0.2, 0.25) is 0 Å². The van der Waals surface area contributed by atoms with Crippen molar-refractivity contribution in [2.45, 2.75) is 38.6 Å². The Hall–Kier alpha value is -1.42. The predicted octanol–water partition coefficient (Wildman–Crippen LogP) is 1.77. The zero-order chi connectivity index (χ0) is 13.1. The number of nitrogens with two attached hydrogens (primary N) is 1. The third-order valence-corrected chi connectivity index (χ3v) is 3.37. The number of hydrogen-bond donors (Lipinski definition) is 1. The van der Waals surface area contributed by atoms with Crippen LogP contribution >= 0.6 is 0 Å². The standard InChI is InChI=1S/C14H21N3O/c1-10(2)13-6-5-11(8-16-13)14(18)17-7-3-4-12(15)9-17/h5-6,8,10,12H,3-4,7,9,15H2,1-2H3/t12-/m1/s1. The number of nitrogens with zero attached hydrogens (tertiary/aromatic N) is 2. The Balaban J connectivity index is 2.08. The molecule has 18 heavy (non-hydrogen) atoms. The molecule has 2 rings (SSSR count). The second kappa shape index (κ2) is 5.48. The van der Waals surface area contributed by atoms with Crippen LogP contribution in [0.1, 0.15) is 48.7 Å². The molecule has 1 amide bonds. The zero-order valence-electron chi connectivity index (χ0n) is 11.1. The Bertz CT molecular complexity index is 414. The molecule has 98 valence electrons. The number of pyridine rings is 1. The molecule has 0 radical (unpaired) electrons. The average Bonchev–Trinajstić information content (AvgIpc) is 2.38. The van der Waals surface area contributed by atoms with E-state index in [1.807, 2.05) is 17.0 Å². The van der Waals surface area contributed by atoms with Crippen LogP contribution in [0.25, 0.3) is 0 Å². The van der Waals surface area contributed by atoms with Crippen LogP contribution in [0.3, 0.4) is 0 Å². The molecular formula is C14H21N3O. The lowest BCUT2D eigenvalue weighted by atomic mass is 10.1. The van der Waals surface area contributed by atoms with Crippen LogP contribution in [0.4, 0.5) is 0 Å². The van der Waals surface area contributed by atoms with Crippen molar-refractivity contribution in [1.82, 2.24) is 9.88 Å². The van der Waals surface area contributed by atoms with E-state index in [1.54, 1.807) is 6.20 Å². The molecule has 0 saturated carbocycles. The second-order valence-corrected chi connectivity index (χ2v) is 5.28. The SMILES string of the molecule is CC(C)c1ccc(C(=O)N2CCC[C@@H](N)C2)cn1. The highest BCUT2D eigenvalue weighted by molar-refractivity contribution is 5.94. The van der Waals surface area contributed by atoms with Gasteiger partial charge in [0.2, 0.25) is 0 Å². The molecule has 1 aromatic rings. The first-order chi connectivity index (χ1) is 8.58. The van der Waals surface area contributed by atoms with E-state index in [9.17, 15) is 4.79 Å². The fourth-order valence-electron chi connectivity index (χ4n) is 2.25. The lowest BCUT2D eigenvalue weighted by molar-refractivity contribution is 0.0708. The van der Waals surface area contributed by atoms with Crippen molar-refractivity contribution >= 4 is 5.91 Å². The monoisotopic (exact) mass is 247 g/mol. The molecule has 0 unspecified atom stereocenters. The largest absolute Gasteiger partial charge is 0.337 e. The third-order valence-electron chi connectivity index (χ3n) is 3.37. The molecule has 1 fully saturated rings. The van der Waals surface area contributed by atoms with Gasteiger partial charge in [-0.1, -0.05) is 13.8 Å². The number of carbonyl (C=O) groups is 1. The number of hydrogen-bond acceptors (Lipinski definition) is 3. The highest BCUT2D eigenvalue weighted by atomic mass is 16.2. The van der Waals surface area contributed by atoms with E-state index in [-0.39, 0.29) is 11.9 Å². The maximum atomic E-state index is 12.3. The van der Waals surface area contributed by atoms with Gasteiger partial charge in [-0.3, -0.25) is 9.78 Å².